The van der Waals surface area contributed by atoms with Crippen molar-refractivity contribution in [2.45, 2.75) is 45.8 Å². The molecule has 0 heterocycles. The molecule has 106 valence electrons. The lowest BCUT2D eigenvalue weighted by Gasteiger charge is -2.29. The van der Waals surface area contributed by atoms with Crippen molar-refractivity contribution in [1.29, 1.82) is 0 Å². The molecular weight excluding hydrogens is 252 g/mol. The highest BCUT2D eigenvalue weighted by Crippen LogP contribution is 2.24. The van der Waals surface area contributed by atoms with E-state index in [1.165, 1.54) is 6.07 Å². The highest BCUT2D eigenvalue weighted by atomic mass is 19.1. The van der Waals surface area contributed by atoms with Gasteiger partial charge in [0.1, 0.15) is 17.2 Å². The van der Waals surface area contributed by atoms with Gasteiger partial charge in [-0.25, -0.2) is 13.6 Å². The molecule has 1 aromatic rings. The summed E-state index contributed by atoms with van der Waals surface area (Å²) in [6.45, 7) is 8.44. The summed E-state index contributed by atoms with van der Waals surface area (Å²) >= 11 is 0. The smallest absolute Gasteiger partial charge is 0.408 e. The zero-order valence-corrected chi connectivity index (χ0v) is 11.8. The Balaban J connectivity index is 2.89. The summed E-state index contributed by atoms with van der Waals surface area (Å²) in [5.41, 5.74) is -1.44. The summed E-state index contributed by atoms with van der Waals surface area (Å²) in [7, 11) is 0. The summed E-state index contributed by atoms with van der Waals surface area (Å²) in [5, 5.41) is 2.57. The number of alkyl carbamates (subject to hydrolysis) is 1. The Morgan fingerprint density at radius 2 is 1.74 bits per heavy atom. The van der Waals surface area contributed by atoms with Crippen LogP contribution in [0.2, 0.25) is 0 Å². The van der Waals surface area contributed by atoms with Crippen molar-refractivity contribution in [1.82, 2.24) is 5.32 Å². The van der Waals surface area contributed by atoms with Crippen LogP contribution in [0.4, 0.5) is 13.6 Å². The molecule has 0 saturated heterocycles. The van der Waals surface area contributed by atoms with E-state index in [1.54, 1.807) is 34.6 Å². The van der Waals surface area contributed by atoms with Crippen molar-refractivity contribution in [3.05, 3.63) is 35.4 Å². The topological polar surface area (TPSA) is 38.3 Å². The second-order valence-electron chi connectivity index (χ2n) is 5.88. The third kappa shape index (κ3) is 4.50. The van der Waals surface area contributed by atoms with Crippen molar-refractivity contribution in [2.75, 3.05) is 0 Å². The van der Waals surface area contributed by atoms with Crippen LogP contribution in [0.1, 0.15) is 40.2 Å². The molecule has 0 aromatic heterocycles. The Labute approximate surface area is 112 Å². The third-order valence-electron chi connectivity index (χ3n) is 2.42. The molecular formula is C14H19F2NO2. The first kappa shape index (κ1) is 15.4. The van der Waals surface area contributed by atoms with Crippen molar-refractivity contribution in [2.24, 2.45) is 0 Å². The normalized spacial score (nSPS) is 12.2. The Morgan fingerprint density at radius 1 is 1.16 bits per heavy atom. The SMILES string of the molecule is CC(C)(C)OC(=O)NC(C)(C)c1ccc(F)cc1F. The van der Waals surface area contributed by atoms with Crippen LogP contribution in [0.25, 0.3) is 0 Å². The van der Waals surface area contributed by atoms with E-state index in [1.807, 2.05) is 0 Å². The number of nitrogens with one attached hydrogen (secondary N) is 1. The first-order chi connectivity index (χ1) is 8.51. The number of amides is 1. The monoisotopic (exact) mass is 271 g/mol. The highest BCUT2D eigenvalue weighted by Gasteiger charge is 2.28. The van der Waals surface area contributed by atoms with Crippen LogP contribution in [0.15, 0.2) is 18.2 Å². The minimum atomic E-state index is -1.000. The van der Waals surface area contributed by atoms with Gasteiger partial charge in [0.2, 0.25) is 0 Å². The predicted molar refractivity (Wildman–Crippen MR) is 68.8 cm³/mol. The first-order valence-corrected chi connectivity index (χ1v) is 5.98. The van der Waals surface area contributed by atoms with E-state index in [0.29, 0.717) is 0 Å². The van der Waals surface area contributed by atoms with E-state index in [9.17, 15) is 13.6 Å². The minimum absolute atomic E-state index is 0.194. The molecule has 0 unspecified atom stereocenters. The molecule has 1 rings (SSSR count). The van der Waals surface area contributed by atoms with Crippen molar-refractivity contribution >= 4 is 6.09 Å². The molecule has 3 nitrogen and oxygen atoms in total. The lowest BCUT2D eigenvalue weighted by atomic mass is 9.94. The van der Waals surface area contributed by atoms with Crippen molar-refractivity contribution in [3.63, 3.8) is 0 Å². The van der Waals surface area contributed by atoms with Crippen LogP contribution in [-0.4, -0.2) is 11.7 Å². The molecule has 1 aromatic carbocycles. The Bertz CT molecular complexity index is 479. The molecule has 1 N–H and O–H groups in total. The quantitative estimate of drug-likeness (QED) is 0.890. The van der Waals surface area contributed by atoms with Gasteiger partial charge in [-0.15, -0.1) is 0 Å². The zero-order chi connectivity index (χ0) is 14.8. The summed E-state index contributed by atoms with van der Waals surface area (Å²) in [5.74, 6) is -1.37. The summed E-state index contributed by atoms with van der Waals surface area (Å²) < 4.78 is 31.7. The molecule has 0 aliphatic rings. The summed E-state index contributed by atoms with van der Waals surface area (Å²) in [6, 6.07) is 3.24. The summed E-state index contributed by atoms with van der Waals surface area (Å²) in [6.07, 6.45) is -0.652. The largest absolute Gasteiger partial charge is 0.444 e. The van der Waals surface area contributed by atoms with Crippen LogP contribution in [0.3, 0.4) is 0 Å². The van der Waals surface area contributed by atoms with Crippen LogP contribution in [-0.2, 0) is 10.3 Å². The van der Waals surface area contributed by atoms with Gasteiger partial charge in [0.15, 0.2) is 0 Å². The fourth-order valence-corrected chi connectivity index (χ4v) is 1.62. The fraction of sp³-hybridized carbons (Fsp3) is 0.500. The number of ether oxygens (including phenoxy) is 1. The Kier molecular flexibility index (Phi) is 4.18. The van der Waals surface area contributed by atoms with Crippen molar-refractivity contribution in [3.8, 4) is 0 Å². The van der Waals surface area contributed by atoms with E-state index in [0.717, 1.165) is 12.1 Å². The van der Waals surface area contributed by atoms with Gasteiger partial charge < -0.3 is 10.1 Å². The lowest BCUT2D eigenvalue weighted by Crippen LogP contribution is -2.44. The first-order valence-electron chi connectivity index (χ1n) is 5.98. The van der Waals surface area contributed by atoms with Gasteiger partial charge in [-0.2, -0.15) is 0 Å². The lowest BCUT2D eigenvalue weighted by molar-refractivity contribution is 0.0469. The number of rotatable bonds is 2. The van der Waals surface area contributed by atoms with Gasteiger partial charge in [-0.05, 0) is 40.7 Å². The molecule has 0 aliphatic carbocycles. The van der Waals surface area contributed by atoms with E-state index >= 15 is 0 Å². The Morgan fingerprint density at radius 3 is 2.21 bits per heavy atom. The van der Waals surface area contributed by atoms with Gasteiger partial charge in [0.05, 0.1) is 5.54 Å². The van der Waals surface area contributed by atoms with E-state index in [4.69, 9.17) is 4.74 Å². The Hall–Kier alpha value is -1.65. The molecule has 0 saturated carbocycles. The molecule has 19 heavy (non-hydrogen) atoms. The van der Waals surface area contributed by atoms with Crippen LogP contribution < -0.4 is 5.32 Å². The van der Waals surface area contributed by atoms with Crippen LogP contribution in [0, 0.1) is 11.6 Å². The molecule has 0 aliphatic heterocycles. The highest BCUT2D eigenvalue weighted by molar-refractivity contribution is 5.69. The number of halogens is 2. The number of hydrogen-bond acceptors (Lipinski definition) is 2. The molecule has 0 bridgehead atoms. The third-order valence-corrected chi connectivity index (χ3v) is 2.42. The van der Waals surface area contributed by atoms with Crippen LogP contribution >= 0.6 is 0 Å². The molecule has 5 heteroatoms. The maximum absolute atomic E-state index is 13.7. The van der Waals surface area contributed by atoms with Crippen LogP contribution in [0.5, 0.6) is 0 Å². The minimum Gasteiger partial charge on any atom is -0.444 e. The molecule has 0 radical (unpaired) electrons. The average molecular weight is 271 g/mol. The van der Waals surface area contributed by atoms with E-state index in [2.05, 4.69) is 5.32 Å². The standard InChI is InChI=1S/C14H19F2NO2/c1-13(2,3)19-12(18)17-14(4,5)10-7-6-9(15)8-11(10)16/h6-8H,1-5H3,(H,17,18). The number of carbonyl (C=O) groups excluding carboxylic acids is 1. The van der Waals surface area contributed by atoms with E-state index in [-0.39, 0.29) is 5.56 Å². The predicted octanol–water partition coefficient (Wildman–Crippen LogP) is 3.72. The van der Waals surface area contributed by atoms with Gasteiger partial charge in [0, 0.05) is 11.6 Å². The molecule has 0 spiro atoms. The maximum Gasteiger partial charge on any atom is 0.408 e. The number of hydrogen-bond donors (Lipinski definition) is 1. The van der Waals surface area contributed by atoms with Gasteiger partial charge >= 0.3 is 6.09 Å². The summed E-state index contributed by atoms with van der Waals surface area (Å²) in [4.78, 5) is 11.7. The van der Waals surface area contributed by atoms with Gasteiger partial charge in [-0.1, -0.05) is 6.07 Å². The van der Waals surface area contributed by atoms with Gasteiger partial charge in [-0.3, -0.25) is 0 Å². The second-order valence-corrected chi connectivity index (χ2v) is 5.88. The number of benzene rings is 1. The number of carbonyl (C=O) groups is 1. The second kappa shape index (κ2) is 5.15. The molecule has 0 atom stereocenters. The zero-order valence-electron chi connectivity index (χ0n) is 11.8. The maximum atomic E-state index is 13.7. The van der Waals surface area contributed by atoms with E-state index < -0.39 is 28.9 Å². The molecule has 1 amide bonds. The fourth-order valence-electron chi connectivity index (χ4n) is 1.62. The van der Waals surface area contributed by atoms with Gasteiger partial charge in [0.25, 0.3) is 0 Å². The average Bonchev–Trinajstić information content (AvgIpc) is 2.11. The molecule has 0 fully saturated rings. The van der Waals surface area contributed by atoms with Crippen molar-refractivity contribution < 1.29 is 18.3 Å².